The topological polar surface area (TPSA) is 110 Å². The highest BCUT2D eigenvalue weighted by atomic mass is 32.2. The van der Waals surface area contributed by atoms with Crippen molar-refractivity contribution < 1.29 is 13.2 Å². The lowest BCUT2D eigenvalue weighted by molar-refractivity contribution is -0.116. The highest BCUT2D eigenvalue weighted by Gasteiger charge is 2.14. The van der Waals surface area contributed by atoms with Crippen LogP contribution in [0.2, 0.25) is 0 Å². The van der Waals surface area contributed by atoms with E-state index in [0.29, 0.717) is 22.3 Å². The lowest BCUT2D eigenvalue weighted by Crippen LogP contribution is -2.23. The molecule has 0 aliphatic heterocycles. The molecule has 4 rings (SSSR count). The maximum atomic E-state index is 12.7. The van der Waals surface area contributed by atoms with Gasteiger partial charge in [-0.15, -0.1) is 0 Å². The molecular weight excluding hydrogens is 452 g/mol. The standard InChI is InChI=1S/C25H24N4O4S/c1-17-6-12-21(13-7-17)34(32,33)28-20-10-8-19(9-11-20)27-23(30)14-15-29-16-26-24-18(2)4-3-5-22(24)25(29)31/h3-13,16,28H,14-15H2,1-2H3,(H,27,30). The largest absolute Gasteiger partial charge is 0.326 e. The molecule has 0 saturated heterocycles. The first-order valence-corrected chi connectivity index (χ1v) is 12.2. The first-order valence-electron chi connectivity index (χ1n) is 10.7. The molecule has 9 heteroatoms. The van der Waals surface area contributed by atoms with Gasteiger partial charge in [-0.2, -0.15) is 0 Å². The summed E-state index contributed by atoms with van der Waals surface area (Å²) in [5.41, 5.74) is 3.25. The van der Waals surface area contributed by atoms with Crippen LogP contribution in [0.1, 0.15) is 17.5 Å². The van der Waals surface area contributed by atoms with E-state index in [0.717, 1.165) is 11.1 Å². The van der Waals surface area contributed by atoms with Crippen molar-refractivity contribution in [2.45, 2.75) is 31.7 Å². The number of aryl methyl sites for hydroxylation is 3. The van der Waals surface area contributed by atoms with E-state index >= 15 is 0 Å². The summed E-state index contributed by atoms with van der Waals surface area (Å²) in [6.45, 7) is 3.97. The van der Waals surface area contributed by atoms with Crippen LogP contribution in [0.15, 0.2) is 82.7 Å². The Labute approximate surface area is 197 Å². The number of rotatable bonds is 7. The number of nitrogens with zero attached hydrogens (tertiary/aromatic N) is 2. The molecule has 34 heavy (non-hydrogen) atoms. The van der Waals surface area contributed by atoms with Crippen molar-refractivity contribution in [3.63, 3.8) is 0 Å². The lowest BCUT2D eigenvalue weighted by atomic mass is 10.1. The second kappa shape index (κ2) is 9.48. The maximum Gasteiger partial charge on any atom is 0.261 e. The van der Waals surface area contributed by atoms with Gasteiger partial charge >= 0.3 is 0 Å². The molecule has 2 N–H and O–H groups in total. The summed E-state index contributed by atoms with van der Waals surface area (Å²) in [7, 11) is -3.70. The highest BCUT2D eigenvalue weighted by molar-refractivity contribution is 7.92. The van der Waals surface area contributed by atoms with Crippen LogP contribution in [0, 0.1) is 13.8 Å². The molecule has 0 bridgehead atoms. The number of carbonyl (C=O) groups is 1. The quantitative estimate of drug-likeness (QED) is 0.421. The molecule has 0 unspecified atom stereocenters. The van der Waals surface area contributed by atoms with E-state index in [4.69, 9.17) is 0 Å². The third-order valence-corrected chi connectivity index (χ3v) is 6.78. The predicted octanol–water partition coefficient (Wildman–Crippen LogP) is 3.84. The van der Waals surface area contributed by atoms with Crippen molar-refractivity contribution in [1.82, 2.24) is 9.55 Å². The lowest BCUT2D eigenvalue weighted by Gasteiger charge is -2.10. The summed E-state index contributed by atoms with van der Waals surface area (Å²) >= 11 is 0. The number of para-hydroxylation sites is 1. The fraction of sp³-hybridized carbons (Fsp3) is 0.160. The van der Waals surface area contributed by atoms with E-state index in [1.54, 1.807) is 54.6 Å². The van der Waals surface area contributed by atoms with Crippen LogP contribution in [-0.2, 0) is 21.4 Å². The molecular formula is C25H24N4O4S. The minimum absolute atomic E-state index is 0.0840. The molecule has 1 heterocycles. The third kappa shape index (κ3) is 5.15. The molecule has 0 radical (unpaired) electrons. The number of aromatic nitrogens is 2. The number of benzene rings is 3. The van der Waals surface area contributed by atoms with E-state index in [1.807, 2.05) is 26.0 Å². The Morgan fingerprint density at radius 2 is 1.62 bits per heavy atom. The fourth-order valence-corrected chi connectivity index (χ4v) is 4.55. The summed E-state index contributed by atoms with van der Waals surface area (Å²) in [5, 5.41) is 3.27. The Bertz CT molecular complexity index is 1510. The Balaban J connectivity index is 1.37. The Kier molecular flexibility index (Phi) is 6.47. The van der Waals surface area contributed by atoms with Gasteiger partial charge in [-0.1, -0.05) is 29.8 Å². The van der Waals surface area contributed by atoms with Crippen LogP contribution < -0.4 is 15.6 Å². The minimum atomic E-state index is -3.70. The van der Waals surface area contributed by atoms with Gasteiger partial charge in [-0.3, -0.25) is 18.9 Å². The molecule has 0 fully saturated rings. The first-order chi connectivity index (χ1) is 16.2. The van der Waals surface area contributed by atoms with Gasteiger partial charge in [-0.05, 0) is 61.9 Å². The molecule has 174 valence electrons. The fourth-order valence-electron chi connectivity index (χ4n) is 3.50. The number of sulfonamides is 1. The number of nitrogens with one attached hydrogen (secondary N) is 2. The summed E-state index contributed by atoms with van der Waals surface area (Å²) < 4.78 is 29.0. The van der Waals surface area contributed by atoms with Crippen molar-refractivity contribution in [2.24, 2.45) is 0 Å². The van der Waals surface area contributed by atoms with Crippen molar-refractivity contribution in [3.8, 4) is 0 Å². The molecule has 3 aromatic carbocycles. The van der Waals surface area contributed by atoms with Gasteiger partial charge in [0.05, 0.1) is 22.1 Å². The molecule has 1 amide bonds. The zero-order valence-corrected chi connectivity index (χ0v) is 19.6. The SMILES string of the molecule is Cc1ccc(S(=O)(=O)Nc2ccc(NC(=O)CCn3cnc4c(C)cccc4c3=O)cc2)cc1. The van der Waals surface area contributed by atoms with E-state index < -0.39 is 10.0 Å². The van der Waals surface area contributed by atoms with E-state index in [-0.39, 0.29) is 29.3 Å². The van der Waals surface area contributed by atoms with Crippen LogP contribution in [0.5, 0.6) is 0 Å². The molecule has 0 saturated carbocycles. The summed E-state index contributed by atoms with van der Waals surface area (Å²) in [4.78, 5) is 29.6. The van der Waals surface area contributed by atoms with Gasteiger partial charge in [0.2, 0.25) is 5.91 Å². The normalized spacial score (nSPS) is 11.4. The monoisotopic (exact) mass is 476 g/mol. The minimum Gasteiger partial charge on any atom is -0.326 e. The van der Waals surface area contributed by atoms with E-state index in [2.05, 4.69) is 15.0 Å². The van der Waals surface area contributed by atoms with Gasteiger partial charge in [0.15, 0.2) is 0 Å². The predicted molar refractivity (Wildman–Crippen MR) is 132 cm³/mol. The average Bonchev–Trinajstić information content (AvgIpc) is 2.80. The smallest absolute Gasteiger partial charge is 0.261 e. The zero-order chi connectivity index (χ0) is 24.3. The molecule has 0 aliphatic carbocycles. The average molecular weight is 477 g/mol. The van der Waals surface area contributed by atoms with E-state index in [1.165, 1.54) is 10.9 Å². The molecule has 4 aromatic rings. The Morgan fingerprint density at radius 3 is 2.32 bits per heavy atom. The van der Waals surface area contributed by atoms with Crippen LogP contribution in [0.4, 0.5) is 11.4 Å². The zero-order valence-electron chi connectivity index (χ0n) is 18.8. The summed E-state index contributed by atoms with van der Waals surface area (Å²) in [6.07, 6.45) is 1.54. The van der Waals surface area contributed by atoms with Crippen LogP contribution in [0.25, 0.3) is 10.9 Å². The van der Waals surface area contributed by atoms with Crippen molar-refractivity contribution in [1.29, 1.82) is 0 Å². The second-order valence-corrected chi connectivity index (χ2v) is 9.69. The molecule has 0 aliphatic rings. The molecule has 8 nitrogen and oxygen atoms in total. The number of carbonyl (C=O) groups excluding carboxylic acids is 1. The number of amides is 1. The number of hydrogen-bond donors (Lipinski definition) is 2. The van der Waals surface area contributed by atoms with E-state index in [9.17, 15) is 18.0 Å². The first kappa shape index (κ1) is 23.2. The number of anilines is 2. The van der Waals surface area contributed by atoms with Crippen molar-refractivity contribution >= 4 is 38.2 Å². The Morgan fingerprint density at radius 1 is 0.941 bits per heavy atom. The summed E-state index contributed by atoms with van der Waals surface area (Å²) in [6, 6.07) is 18.3. The highest BCUT2D eigenvalue weighted by Crippen LogP contribution is 2.19. The van der Waals surface area contributed by atoms with Gasteiger partial charge < -0.3 is 5.32 Å². The van der Waals surface area contributed by atoms with Gasteiger partial charge in [0, 0.05) is 24.3 Å². The molecule has 0 spiro atoms. The number of hydrogen-bond acceptors (Lipinski definition) is 5. The van der Waals surface area contributed by atoms with Crippen LogP contribution in [0.3, 0.4) is 0 Å². The second-order valence-electron chi connectivity index (χ2n) is 8.01. The van der Waals surface area contributed by atoms with Gasteiger partial charge in [-0.25, -0.2) is 13.4 Å². The van der Waals surface area contributed by atoms with Crippen molar-refractivity contribution in [3.05, 3.63) is 94.5 Å². The van der Waals surface area contributed by atoms with Crippen LogP contribution >= 0.6 is 0 Å². The third-order valence-electron chi connectivity index (χ3n) is 5.39. The molecule has 0 atom stereocenters. The van der Waals surface area contributed by atoms with Crippen molar-refractivity contribution in [2.75, 3.05) is 10.0 Å². The number of fused-ring (bicyclic) bond motifs is 1. The maximum absolute atomic E-state index is 12.7. The van der Waals surface area contributed by atoms with Gasteiger partial charge in [0.25, 0.3) is 15.6 Å². The Hall–Kier alpha value is -3.98. The van der Waals surface area contributed by atoms with Gasteiger partial charge in [0.1, 0.15) is 0 Å². The van der Waals surface area contributed by atoms with Crippen LogP contribution in [-0.4, -0.2) is 23.9 Å². The summed E-state index contributed by atoms with van der Waals surface area (Å²) in [5.74, 6) is -0.274. The molecule has 1 aromatic heterocycles.